The fraction of sp³-hybridized carbons (Fsp3) is 0.320. The van der Waals surface area contributed by atoms with Gasteiger partial charge in [0.1, 0.15) is 5.82 Å². The first-order valence-corrected chi connectivity index (χ1v) is 10.2. The minimum absolute atomic E-state index is 0.0677. The molecular weight excluding hydrogens is 365 g/mol. The van der Waals surface area contributed by atoms with Crippen LogP contribution >= 0.6 is 0 Å². The van der Waals surface area contributed by atoms with E-state index in [1.807, 2.05) is 42.5 Å². The van der Waals surface area contributed by atoms with Crippen molar-refractivity contribution >= 4 is 16.7 Å². The summed E-state index contributed by atoms with van der Waals surface area (Å²) in [5.41, 5.74) is 3.25. The van der Waals surface area contributed by atoms with Crippen LogP contribution in [-0.4, -0.2) is 17.1 Å². The number of benzene rings is 3. The zero-order valence-corrected chi connectivity index (χ0v) is 16.6. The first-order chi connectivity index (χ1) is 14.0. The lowest BCUT2D eigenvalue weighted by Gasteiger charge is -2.22. The Morgan fingerprint density at radius 1 is 1.07 bits per heavy atom. The summed E-state index contributed by atoms with van der Waals surface area (Å²) in [6.07, 6.45) is 3.35. The molecule has 0 heterocycles. The van der Waals surface area contributed by atoms with Crippen LogP contribution in [0, 0.1) is 5.82 Å². The molecule has 29 heavy (non-hydrogen) atoms. The SMILES string of the molecule is C[C@@H](NC1CCC(c2ccc(CC(=O)O)cc2)C1)c1ccc(F)c2ccccc12. The largest absolute Gasteiger partial charge is 0.481 e. The van der Waals surface area contributed by atoms with Crippen LogP contribution in [0.1, 0.15) is 54.8 Å². The van der Waals surface area contributed by atoms with Crippen LogP contribution in [0.15, 0.2) is 60.7 Å². The summed E-state index contributed by atoms with van der Waals surface area (Å²) in [4.78, 5) is 10.8. The van der Waals surface area contributed by atoms with Gasteiger partial charge in [0, 0.05) is 17.5 Å². The van der Waals surface area contributed by atoms with E-state index in [1.165, 1.54) is 5.56 Å². The predicted molar refractivity (Wildman–Crippen MR) is 114 cm³/mol. The Bertz CT molecular complexity index is 1020. The van der Waals surface area contributed by atoms with Gasteiger partial charge in [-0.3, -0.25) is 4.79 Å². The zero-order valence-electron chi connectivity index (χ0n) is 16.6. The molecule has 0 spiro atoms. The van der Waals surface area contributed by atoms with Gasteiger partial charge in [-0.2, -0.15) is 0 Å². The van der Waals surface area contributed by atoms with Crippen molar-refractivity contribution in [1.29, 1.82) is 0 Å². The molecule has 150 valence electrons. The topological polar surface area (TPSA) is 49.3 Å². The van der Waals surface area contributed by atoms with Crippen molar-refractivity contribution in [3.8, 4) is 0 Å². The summed E-state index contributed by atoms with van der Waals surface area (Å²) in [5.74, 6) is -0.488. The number of fused-ring (bicyclic) bond motifs is 1. The van der Waals surface area contributed by atoms with Gasteiger partial charge in [0.15, 0.2) is 0 Å². The highest BCUT2D eigenvalue weighted by atomic mass is 19.1. The standard InChI is InChI=1S/C25H26FNO2/c1-16(21-12-13-24(26)23-5-3-2-4-22(21)23)27-20-11-10-19(15-20)18-8-6-17(7-9-18)14-25(28)29/h2-9,12-13,16,19-20,27H,10-11,14-15H2,1H3,(H,28,29)/t16-,19?,20?/m1/s1. The smallest absolute Gasteiger partial charge is 0.307 e. The number of rotatable bonds is 6. The number of carbonyl (C=O) groups is 1. The van der Waals surface area contributed by atoms with E-state index in [0.717, 1.165) is 35.8 Å². The summed E-state index contributed by atoms with van der Waals surface area (Å²) in [7, 11) is 0. The van der Waals surface area contributed by atoms with Crippen LogP contribution in [0.3, 0.4) is 0 Å². The molecule has 4 heteroatoms. The molecule has 0 bridgehead atoms. The fourth-order valence-electron chi connectivity index (χ4n) is 4.62. The minimum atomic E-state index is -0.801. The molecule has 0 aliphatic heterocycles. The van der Waals surface area contributed by atoms with E-state index in [-0.39, 0.29) is 18.3 Å². The van der Waals surface area contributed by atoms with Crippen molar-refractivity contribution in [3.63, 3.8) is 0 Å². The average molecular weight is 391 g/mol. The van der Waals surface area contributed by atoms with E-state index in [4.69, 9.17) is 5.11 Å². The first kappa shape index (κ1) is 19.6. The number of aliphatic carboxylic acids is 1. The average Bonchev–Trinajstić information content (AvgIpc) is 3.17. The van der Waals surface area contributed by atoms with E-state index in [0.29, 0.717) is 17.3 Å². The Morgan fingerprint density at radius 3 is 2.52 bits per heavy atom. The van der Waals surface area contributed by atoms with Gasteiger partial charge in [0.05, 0.1) is 6.42 Å². The fourth-order valence-corrected chi connectivity index (χ4v) is 4.62. The van der Waals surface area contributed by atoms with Crippen molar-refractivity contribution < 1.29 is 14.3 Å². The number of halogens is 1. The second-order valence-electron chi connectivity index (χ2n) is 8.09. The van der Waals surface area contributed by atoms with Crippen molar-refractivity contribution in [2.75, 3.05) is 0 Å². The lowest BCUT2D eigenvalue weighted by atomic mass is 9.95. The van der Waals surface area contributed by atoms with Gasteiger partial charge in [-0.05, 0) is 60.2 Å². The second kappa shape index (κ2) is 8.34. The quantitative estimate of drug-likeness (QED) is 0.576. The normalized spacial score (nSPS) is 20.1. The maximum Gasteiger partial charge on any atom is 0.307 e. The molecule has 1 aliphatic carbocycles. The molecule has 1 aliphatic rings. The zero-order chi connectivity index (χ0) is 20.4. The third kappa shape index (κ3) is 4.33. The number of nitrogens with one attached hydrogen (secondary N) is 1. The Hall–Kier alpha value is -2.72. The second-order valence-corrected chi connectivity index (χ2v) is 8.09. The molecule has 3 atom stereocenters. The first-order valence-electron chi connectivity index (χ1n) is 10.2. The number of carboxylic acids is 1. The molecular formula is C25H26FNO2. The van der Waals surface area contributed by atoms with Crippen LogP contribution < -0.4 is 5.32 Å². The summed E-state index contributed by atoms with van der Waals surface area (Å²) in [5, 5.41) is 14.3. The molecule has 2 N–H and O–H groups in total. The van der Waals surface area contributed by atoms with Crippen molar-refractivity contribution in [3.05, 3.63) is 83.2 Å². The Morgan fingerprint density at radius 2 is 1.79 bits per heavy atom. The maximum atomic E-state index is 14.1. The number of hydrogen-bond donors (Lipinski definition) is 2. The summed E-state index contributed by atoms with van der Waals surface area (Å²) < 4.78 is 14.1. The van der Waals surface area contributed by atoms with Crippen LogP contribution in [0.25, 0.3) is 10.8 Å². The van der Waals surface area contributed by atoms with Gasteiger partial charge in [0.2, 0.25) is 0 Å². The molecule has 0 radical (unpaired) electrons. The summed E-state index contributed by atoms with van der Waals surface area (Å²) in [6.45, 7) is 2.15. The molecule has 2 unspecified atom stereocenters. The van der Waals surface area contributed by atoms with Crippen molar-refractivity contribution in [1.82, 2.24) is 5.32 Å². The van der Waals surface area contributed by atoms with Crippen molar-refractivity contribution in [2.45, 2.75) is 50.6 Å². The monoisotopic (exact) mass is 391 g/mol. The third-order valence-corrected chi connectivity index (χ3v) is 6.10. The molecule has 4 rings (SSSR count). The van der Waals surface area contributed by atoms with E-state index >= 15 is 0 Å². The van der Waals surface area contributed by atoms with E-state index in [9.17, 15) is 9.18 Å². The van der Waals surface area contributed by atoms with E-state index in [2.05, 4.69) is 24.4 Å². The van der Waals surface area contributed by atoms with E-state index < -0.39 is 5.97 Å². The third-order valence-electron chi connectivity index (χ3n) is 6.10. The highest BCUT2D eigenvalue weighted by Crippen LogP contribution is 2.36. The molecule has 0 amide bonds. The van der Waals surface area contributed by atoms with Gasteiger partial charge >= 0.3 is 5.97 Å². The Kier molecular flexibility index (Phi) is 5.63. The molecule has 3 aromatic rings. The molecule has 0 saturated heterocycles. The van der Waals surface area contributed by atoms with Crippen LogP contribution in [0.2, 0.25) is 0 Å². The highest BCUT2D eigenvalue weighted by Gasteiger charge is 2.27. The maximum absolute atomic E-state index is 14.1. The van der Waals surface area contributed by atoms with Crippen LogP contribution in [0.5, 0.6) is 0 Å². The molecule has 1 saturated carbocycles. The summed E-state index contributed by atoms with van der Waals surface area (Å²) in [6, 6.07) is 19.7. The predicted octanol–water partition coefficient (Wildman–Crippen LogP) is 5.59. The minimum Gasteiger partial charge on any atom is -0.481 e. The van der Waals surface area contributed by atoms with Gasteiger partial charge in [-0.1, -0.05) is 54.6 Å². The van der Waals surface area contributed by atoms with Crippen molar-refractivity contribution in [2.24, 2.45) is 0 Å². The number of carboxylic acid groups (broad SMARTS) is 1. The molecule has 3 nitrogen and oxygen atoms in total. The van der Waals surface area contributed by atoms with Crippen LogP contribution in [0.4, 0.5) is 4.39 Å². The van der Waals surface area contributed by atoms with Gasteiger partial charge < -0.3 is 10.4 Å². The lowest BCUT2D eigenvalue weighted by Crippen LogP contribution is -2.29. The molecule has 1 fully saturated rings. The summed E-state index contributed by atoms with van der Waals surface area (Å²) >= 11 is 0. The lowest BCUT2D eigenvalue weighted by molar-refractivity contribution is -0.136. The molecule has 3 aromatic carbocycles. The highest BCUT2D eigenvalue weighted by molar-refractivity contribution is 5.86. The molecule has 0 aromatic heterocycles. The van der Waals surface area contributed by atoms with Gasteiger partial charge in [-0.15, -0.1) is 0 Å². The number of hydrogen-bond acceptors (Lipinski definition) is 2. The van der Waals surface area contributed by atoms with E-state index in [1.54, 1.807) is 6.07 Å². The van der Waals surface area contributed by atoms with Gasteiger partial charge in [0.25, 0.3) is 0 Å². The Labute approximate surface area is 170 Å². The Balaban J connectivity index is 1.43. The van der Waals surface area contributed by atoms with Crippen LogP contribution in [-0.2, 0) is 11.2 Å². The van der Waals surface area contributed by atoms with Gasteiger partial charge in [-0.25, -0.2) is 4.39 Å².